The zero-order valence-corrected chi connectivity index (χ0v) is 15.3. The summed E-state index contributed by atoms with van der Waals surface area (Å²) in [6, 6.07) is 0. The van der Waals surface area contributed by atoms with Crippen LogP contribution in [0.4, 0.5) is 0 Å². The summed E-state index contributed by atoms with van der Waals surface area (Å²) in [5, 5.41) is 0. The molecular weight excluding hydrogens is 292 g/mol. The highest BCUT2D eigenvalue weighted by Crippen LogP contribution is 2.16. The van der Waals surface area contributed by atoms with Gasteiger partial charge in [0.2, 0.25) is 0 Å². The predicted molar refractivity (Wildman–Crippen MR) is 82.6 cm³/mol. The van der Waals surface area contributed by atoms with E-state index >= 15 is 0 Å². The smallest absolute Gasteiger partial charge is 0.354 e. The SMILES string of the molecule is CCCCOC(C)O[Si](OC)(OC)OC(C)OCCCC. The zero-order chi connectivity index (χ0) is 16.1. The van der Waals surface area contributed by atoms with Gasteiger partial charge in [0.25, 0.3) is 0 Å². The molecule has 0 aliphatic heterocycles. The van der Waals surface area contributed by atoms with Crippen LogP contribution in [0.15, 0.2) is 0 Å². The van der Waals surface area contributed by atoms with Crippen molar-refractivity contribution in [3.8, 4) is 0 Å². The number of unbranched alkanes of at least 4 members (excludes halogenated alkanes) is 2. The van der Waals surface area contributed by atoms with E-state index in [0.717, 1.165) is 25.7 Å². The molecule has 7 heteroatoms. The van der Waals surface area contributed by atoms with E-state index in [1.807, 2.05) is 0 Å². The van der Waals surface area contributed by atoms with Crippen molar-refractivity contribution in [2.75, 3.05) is 27.4 Å². The van der Waals surface area contributed by atoms with Gasteiger partial charge in [-0.05, 0) is 26.7 Å². The minimum absolute atomic E-state index is 0.453. The monoisotopic (exact) mass is 324 g/mol. The van der Waals surface area contributed by atoms with Gasteiger partial charge in [-0.3, -0.25) is 0 Å². The largest absolute Gasteiger partial charge is 0.683 e. The van der Waals surface area contributed by atoms with Gasteiger partial charge in [0.1, 0.15) is 0 Å². The van der Waals surface area contributed by atoms with Gasteiger partial charge in [-0.1, -0.05) is 26.7 Å². The molecule has 0 aliphatic carbocycles. The lowest BCUT2D eigenvalue weighted by molar-refractivity contribution is -0.175. The van der Waals surface area contributed by atoms with E-state index in [0.29, 0.717) is 13.2 Å². The third-order valence-electron chi connectivity index (χ3n) is 2.82. The van der Waals surface area contributed by atoms with E-state index in [2.05, 4.69) is 13.8 Å². The van der Waals surface area contributed by atoms with Crippen LogP contribution in [0.5, 0.6) is 0 Å². The van der Waals surface area contributed by atoms with Crippen LogP contribution in [0.3, 0.4) is 0 Å². The minimum Gasteiger partial charge on any atom is -0.354 e. The van der Waals surface area contributed by atoms with Gasteiger partial charge < -0.3 is 27.2 Å². The normalized spacial score (nSPS) is 15.1. The molecule has 0 spiro atoms. The molecule has 6 nitrogen and oxygen atoms in total. The van der Waals surface area contributed by atoms with Crippen molar-refractivity contribution in [2.24, 2.45) is 0 Å². The second kappa shape index (κ2) is 12.5. The summed E-state index contributed by atoms with van der Waals surface area (Å²) >= 11 is 0. The Hall–Kier alpha value is -0.0231. The molecule has 0 fully saturated rings. The number of hydrogen-bond acceptors (Lipinski definition) is 6. The summed E-state index contributed by atoms with van der Waals surface area (Å²) in [5.74, 6) is 0. The maximum absolute atomic E-state index is 5.73. The van der Waals surface area contributed by atoms with E-state index < -0.39 is 21.6 Å². The fourth-order valence-electron chi connectivity index (χ4n) is 1.57. The van der Waals surface area contributed by atoms with Crippen molar-refractivity contribution in [3.05, 3.63) is 0 Å². The Kier molecular flexibility index (Phi) is 12.5. The first-order valence-corrected chi connectivity index (χ1v) is 9.36. The molecular formula is C14H32O6Si. The third-order valence-corrected chi connectivity index (χ3v) is 5.06. The first-order chi connectivity index (χ1) is 10.0. The summed E-state index contributed by atoms with van der Waals surface area (Å²) < 4.78 is 33.3. The Morgan fingerprint density at radius 1 is 0.762 bits per heavy atom. The first kappa shape index (κ1) is 21.0. The van der Waals surface area contributed by atoms with Crippen LogP contribution in [0.2, 0.25) is 0 Å². The molecule has 0 heterocycles. The van der Waals surface area contributed by atoms with Crippen molar-refractivity contribution < 1.29 is 27.2 Å². The standard InChI is InChI=1S/C14H32O6Si/c1-7-9-11-17-13(3)19-21(15-5,16-6)20-14(4)18-12-10-8-2/h13-14H,7-12H2,1-6H3. The van der Waals surface area contributed by atoms with Crippen molar-refractivity contribution in [1.29, 1.82) is 0 Å². The third kappa shape index (κ3) is 9.57. The summed E-state index contributed by atoms with van der Waals surface area (Å²) in [4.78, 5) is 0. The fraction of sp³-hybridized carbons (Fsp3) is 1.00. The molecule has 0 rings (SSSR count). The maximum atomic E-state index is 5.73. The topological polar surface area (TPSA) is 55.4 Å². The highest BCUT2D eigenvalue weighted by molar-refractivity contribution is 6.53. The summed E-state index contributed by atoms with van der Waals surface area (Å²) in [7, 11) is -0.226. The van der Waals surface area contributed by atoms with Crippen LogP contribution in [0.1, 0.15) is 53.4 Å². The molecule has 0 aromatic carbocycles. The molecule has 128 valence electrons. The van der Waals surface area contributed by atoms with Crippen molar-refractivity contribution in [1.82, 2.24) is 0 Å². The Bertz CT molecular complexity index is 218. The minimum atomic E-state index is -3.24. The van der Waals surface area contributed by atoms with Crippen molar-refractivity contribution >= 4 is 9.05 Å². The second-order valence-electron chi connectivity index (χ2n) is 4.73. The molecule has 0 aromatic rings. The Morgan fingerprint density at radius 2 is 1.14 bits per heavy atom. The molecule has 2 atom stereocenters. The predicted octanol–water partition coefficient (Wildman–Crippen LogP) is 3.07. The molecule has 0 radical (unpaired) electrons. The van der Waals surface area contributed by atoms with Crippen molar-refractivity contribution in [3.63, 3.8) is 0 Å². The summed E-state index contributed by atoms with van der Waals surface area (Å²) in [6.07, 6.45) is 3.21. The molecule has 0 N–H and O–H groups in total. The second-order valence-corrected chi connectivity index (χ2v) is 7.02. The van der Waals surface area contributed by atoms with Gasteiger partial charge in [-0.25, -0.2) is 0 Å². The van der Waals surface area contributed by atoms with E-state index in [9.17, 15) is 0 Å². The quantitative estimate of drug-likeness (QED) is 0.278. The molecule has 0 saturated heterocycles. The molecule has 0 amide bonds. The maximum Gasteiger partial charge on any atom is 0.683 e. The molecule has 0 aliphatic rings. The van der Waals surface area contributed by atoms with Gasteiger partial charge in [-0.2, -0.15) is 0 Å². The number of ether oxygens (including phenoxy) is 2. The van der Waals surface area contributed by atoms with E-state index in [1.165, 1.54) is 14.2 Å². The number of hydrogen-bond donors (Lipinski definition) is 0. The van der Waals surface area contributed by atoms with Gasteiger partial charge in [-0.15, -0.1) is 0 Å². The van der Waals surface area contributed by atoms with Crippen LogP contribution < -0.4 is 0 Å². The molecule has 2 unspecified atom stereocenters. The van der Waals surface area contributed by atoms with Gasteiger partial charge >= 0.3 is 9.05 Å². The lowest BCUT2D eigenvalue weighted by atomic mass is 10.4. The zero-order valence-electron chi connectivity index (χ0n) is 14.3. The molecule has 0 aromatic heterocycles. The Balaban J connectivity index is 4.32. The average Bonchev–Trinajstić information content (AvgIpc) is 2.47. The first-order valence-electron chi connectivity index (χ1n) is 7.72. The van der Waals surface area contributed by atoms with Crippen LogP contribution >= 0.6 is 0 Å². The number of rotatable bonds is 14. The highest BCUT2D eigenvalue weighted by atomic mass is 28.4. The highest BCUT2D eigenvalue weighted by Gasteiger charge is 2.47. The van der Waals surface area contributed by atoms with Crippen LogP contribution in [0.25, 0.3) is 0 Å². The van der Waals surface area contributed by atoms with E-state index in [4.69, 9.17) is 27.2 Å². The average molecular weight is 324 g/mol. The molecule has 0 bridgehead atoms. The van der Waals surface area contributed by atoms with Crippen LogP contribution in [0, 0.1) is 0 Å². The van der Waals surface area contributed by atoms with Gasteiger partial charge in [0.15, 0.2) is 12.6 Å². The van der Waals surface area contributed by atoms with Crippen molar-refractivity contribution in [2.45, 2.75) is 66.0 Å². The lowest BCUT2D eigenvalue weighted by Gasteiger charge is -2.30. The molecule has 0 saturated carbocycles. The summed E-state index contributed by atoms with van der Waals surface area (Å²) in [5.41, 5.74) is 0. The van der Waals surface area contributed by atoms with Crippen LogP contribution in [-0.2, 0) is 27.2 Å². The van der Waals surface area contributed by atoms with Gasteiger partial charge in [0, 0.05) is 27.4 Å². The lowest BCUT2D eigenvalue weighted by Crippen LogP contribution is -2.52. The van der Waals surface area contributed by atoms with Gasteiger partial charge in [0.05, 0.1) is 0 Å². The van der Waals surface area contributed by atoms with E-state index in [-0.39, 0.29) is 0 Å². The molecule has 21 heavy (non-hydrogen) atoms. The fourth-order valence-corrected chi connectivity index (χ4v) is 3.12. The summed E-state index contributed by atoms with van der Waals surface area (Å²) in [6.45, 7) is 9.10. The van der Waals surface area contributed by atoms with E-state index in [1.54, 1.807) is 13.8 Å². The Morgan fingerprint density at radius 3 is 1.43 bits per heavy atom. The van der Waals surface area contributed by atoms with Crippen LogP contribution in [-0.4, -0.2) is 49.1 Å². The Labute approximate surface area is 130 Å².